The minimum Gasteiger partial charge on any atom is -0.477 e. The summed E-state index contributed by atoms with van der Waals surface area (Å²) in [6.07, 6.45) is 1.96. The van der Waals surface area contributed by atoms with Gasteiger partial charge in [0.05, 0.1) is 5.69 Å². The molecule has 0 atom stereocenters. The van der Waals surface area contributed by atoms with Crippen molar-refractivity contribution in [1.29, 1.82) is 0 Å². The van der Waals surface area contributed by atoms with Crippen LogP contribution in [0.5, 0.6) is 0 Å². The summed E-state index contributed by atoms with van der Waals surface area (Å²) in [6.45, 7) is 1.03. The van der Waals surface area contributed by atoms with E-state index in [4.69, 9.17) is 5.11 Å². The number of carboxylic acid groups (broad SMARTS) is 1. The van der Waals surface area contributed by atoms with Gasteiger partial charge in [-0.25, -0.2) is 4.79 Å². The minimum absolute atomic E-state index is 0.515. The van der Waals surface area contributed by atoms with Crippen molar-refractivity contribution in [3.8, 4) is 0 Å². The molecule has 0 unspecified atom stereocenters. The summed E-state index contributed by atoms with van der Waals surface area (Å²) in [5, 5.41) is 10.9. The van der Waals surface area contributed by atoms with E-state index in [1.165, 1.54) is 11.3 Å². The quantitative estimate of drug-likeness (QED) is 0.746. The molecule has 13 heavy (non-hydrogen) atoms. The fraction of sp³-hybridized carbons (Fsp3) is 0.444. The Morgan fingerprint density at radius 3 is 3.15 bits per heavy atom. The molecule has 1 aliphatic rings. The molecule has 1 N–H and O–H groups in total. The highest BCUT2D eigenvalue weighted by atomic mass is 32.1. The Morgan fingerprint density at radius 1 is 1.69 bits per heavy atom. The molecule has 0 bridgehead atoms. The number of aromatic carboxylic acids is 1. The van der Waals surface area contributed by atoms with E-state index in [0.717, 1.165) is 30.6 Å². The summed E-state index contributed by atoms with van der Waals surface area (Å²) in [5.41, 5.74) is 2.12. The lowest BCUT2D eigenvalue weighted by atomic mass is 10.0. The Hall–Kier alpha value is -1.03. The summed E-state index contributed by atoms with van der Waals surface area (Å²) >= 11 is 1.34. The van der Waals surface area contributed by atoms with Crippen LogP contribution in [0.15, 0.2) is 5.38 Å². The number of carboxylic acids is 1. The van der Waals surface area contributed by atoms with E-state index in [0.29, 0.717) is 4.88 Å². The number of carbonyl (C=O) groups is 1. The highest BCUT2D eigenvalue weighted by Gasteiger charge is 2.22. The zero-order valence-electron chi connectivity index (χ0n) is 7.41. The minimum atomic E-state index is -0.790. The Morgan fingerprint density at radius 2 is 2.46 bits per heavy atom. The lowest BCUT2D eigenvalue weighted by Gasteiger charge is -2.24. The summed E-state index contributed by atoms with van der Waals surface area (Å²) in [6, 6.07) is 0. The molecular formula is C9H11NO2S. The number of thiophene rings is 1. The molecule has 70 valence electrons. The molecule has 1 aliphatic heterocycles. The molecular weight excluding hydrogens is 186 g/mol. The van der Waals surface area contributed by atoms with Crippen molar-refractivity contribution in [2.75, 3.05) is 18.5 Å². The Balaban J connectivity index is 2.47. The van der Waals surface area contributed by atoms with Gasteiger partial charge in [0.2, 0.25) is 0 Å². The highest BCUT2D eigenvalue weighted by molar-refractivity contribution is 7.12. The summed E-state index contributed by atoms with van der Waals surface area (Å²) < 4.78 is 0. The first-order valence-corrected chi connectivity index (χ1v) is 5.13. The normalized spacial score (nSPS) is 15.6. The van der Waals surface area contributed by atoms with Crippen LogP contribution in [0.25, 0.3) is 0 Å². The van der Waals surface area contributed by atoms with Crippen molar-refractivity contribution >= 4 is 23.0 Å². The van der Waals surface area contributed by atoms with Gasteiger partial charge in [-0.05, 0) is 12.8 Å². The average molecular weight is 197 g/mol. The van der Waals surface area contributed by atoms with Gasteiger partial charge in [-0.3, -0.25) is 0 Å². The summed E-state index contributed by atoms with van der Waals surface area (Å²) in [4.78, 5) is 13.5. The largest absolute Gasteiger partial charge is 0.477 e. The van der Waals surface area contributed by atoms with Gasteiger partial charge < -0.3 is 10.0 Å². The first-order chi connectivity index (χ1) is 6.20. The monoisotopic (exact) mass is 197 g/mol. The topological polar surface area (TPSA) is 40.5 Å². The SMILES string of the molecule is CN1CCCc2c1csc2C(=O)O. The maximum absolute atomic E-state index is 10.8. The van der Waals surface area contributed by atoms with E-state index in [1.807, 2.05) is 12.4 Å². The van der Waals surface area contributed by atoms with E-state index in [1.54, 1.807) is 0 Å². The van der Waals surface area contributed by atoms with Crippen molar-refractivity contribution in [3.05, 3.63) is 15.8 Å². The van der Waals surface area contributed by atoms with Crippen molar-refractivity contribution < 1.29 is 9.90 Å². The third-order valence-electron chi connectivity index (χ3n) is 2.40. The summed E-state index contributed by atoms with van der Waals surface area (Å²) in [7, 11) is 2.01. The molecule has 1 aromatic rings. The van der Waals surface area contributed by atoms with Crippen molar-refractivity contribution in [1.82, 2.24) is 0 Å². The molecule has 2 heterocycles. The molecule has 0 saturated carbocycles. The maximum atomic E-state index is 10.8. The molecule has 0 saturated heterocycles. The zero-order chi connectivity index (χ0) is 9.42. The molecule has 0 radical (unpaired) electrons. The zero-order valence-corrected chi connectivity index (χ0v) is 8.23. The first kappa shape index (κ1) is 8.56. The number of fused-ring (bicyclic) bond motifs is 1. The molecule has 3 nitrogen and oxygen atoms in total. The predicted octanol–water partition coefficient (Wildman–Crippen LogP) is 1.83. The van der Waals surface area contributed by atoms with Crippen LogP contribution in [-0.2, 0) is 6.42 Å². The van der Waals surface area contributed by atoms with Crippen LogP contribution in [0, 0.1) is 0 Å². The van der Waals surface area contributed by atoms with E-state index >= 15 is 0 Å². The van der Waals surface area contributed by atoms with E-state index < -0.39 is 5.97 Å². The maximum Gasteiger partial charge on any atom is 0.346 e. The lowest BCUT2D eigenvalue weighted by Crippen LogP contribution is -2.24. The number of hydrogen-bond acceptors (Lipinski definition) is 3. The standard InChI is InChI=1S/C9H11NO2S/c1-10-4-2-3-6-7(10)5-13-8(6)9(11)12/h5H,2-4H2,1H3,(H,11,12). The van der Waals surface area contributed by atoms with Gasteiger partial charge in [-0.1, -0.05) is 0 Å². The van der Waals surface area contributed by atoms with Crippen molar-refractivity contribution in [3.63, 3.8) is 0 Å². The second kappa shape index (κ2) is 3.03. The van der Waals surface area contributed by atoms with Gasteiger partial charge in [0.15, 0.2) is 0 Å². The smallest absolute Gasteiger partial charge is 0.346 e. The number of nitrogens with zero attached hydrogens (tertiary/aromatic N) is 1. The molecule has 1 aromatic heterocycles. The predicted molar refractivity (Wildman–Crippen MR) is 52.9 cm³/mol. The van der Waals surface area contributed by atoms with Gasteiger partial charge in [0.25, 0.3) is 0 Å². The van der Waals surface area contributed by atoms with Crippen LogP contribution in [0.4, 0.5) is 5.69 Å². The lowest BCUT2D eigenvalue weighted by molar-refractivity contribution is 0.0701. The van der Waals surface area contributed by atoms with Crippen LogP contribution in [0.1, 0.15) is 21.7 Å². The highest BCUT2D eigenvalue weighted by Crippen LogP contribution is 2.33. The van der Waals surface area contributed by atoms with Crippen LogP contribution in [0.2, 0.25) is 0 Å². The van der Waals surface area contributed by atoms with E-state index in [-0.39, 0.29) is 0 Å². The van der Waals surface area contributed by atoms with Gasteiger partial charge in [0, 0.05) is 24.5 Å². The first-order valence-electron chi connectivity index (χ1n) is 4.25. The molecule has 0 spiro atoms. The second-order valence-electron chi connectivity index (χ2n) is 3.26. The Labute approximate surface area is 80.6 Å². The molecule has 0 amide bonds. The van der Waals surface area contributed by atoms with Crippen molar-refractivity contribution in [2.45, 2.75) is 12.8 Å². The van der Waals surface area contributed by atoms with Crippen LogP contribution in [0.3, 0.4) is 0 Å². The van der Waals surface area contributed by atoms with E-state index in [2.05, 4.69) is 4.90 Å². The van der Waals surface area contributed by atoms with Crippen LogP contribution < -0.4 is 4.90 Å². The number of hydrogen-bond donors (Lipinski definition) is 1. The molecule has 0 aromatic carbocycles. The molecule has 0 aliphatic carbocycles. The van der Waals surface area contributed by atoms with Gasteiger partial charge in [0.1, 0.15) is 4.88 Å². The Kier molecular flexibility index (Phi) is 2.00. The third kappa shape index (κ3) is 1.31. The molecule has 2 rings (SSSR count). The fourth-order valence-corrected chi connectivity index (χ4v) is 2.73. The van der Waals surface area contributed by atoms with E-state index in [9.17, 15) is 4.79 Å². The molecule has 4 heteroatoms. The number of anilines is 1. The van der Waals surface area contributed by atoms with Gasteiger partial charge in [-0.15, -0.1) is 11.3 Å². The van der Waals surface area contributed by atoms with Crippen LogP contribution >= 0.6 is 11.3 Å². The third-order valence-corrected chi connectivity index (χ3v) is 3.40. The van der Waals surface area contributed by atoms with Gasteiger partial charge in [-0.2, -0.15) is 0 Å². The fourth-order valence-electron chi connectivity index (χ4n) is 1.73. The summed E-state index contributed by atoms with van der Waals surface area (Å²) in [5.74, 6) is -0.790. The van der Waals surface area contributed by atoms with Crippen LogP contribution in [-0.4, -0.2) is 24.7 Å². The average Bonchev–Trinajstić information content (AvgIpc) is 2.48. The Bertz CT molecular complexity index is 345. The molecule has 0 fully saturated rings. The van der Waals surface area contributed by atoms with Crippen molar-refractivity contribution in [2.24, 2.45) is 0 Å². The second-order valence-corrected chi connectivity index (χ2v) is 4.14. The number of rotatable bonds is 1. The van der Waals surface area contributed by atoms with Gasteiger partial charge >= 0.3 is 5.97 Å².